The third kappa shape index (κ3) is 3.23. The summed E-state index contributed by atoms with van der Waals surface area (Å²) in [4.78, 5) is 37.0. The van der Waals surface area contributed by atoms with Crippen LogP contribution in [0.2, 0.25) is 0 Å². The van der Waals surface area contributed by atoms with E-state index in [1.165, 1.54) is 5.01 Å². The Balaban J connectivity index is 1.42. The molecule has 30 heavy (non-hydrogen) atoms. The molecule has 2 aliphatic heterocycles. The minimum atomic E-state index is -0.631. The van der Waals surface area contributed by atoms with Gasteiger partial charge in [-0.15, -0.1) is 11.3 Å². The molecule has 0 saturated carbocycles. The predicted molar refractivity (Wildman–Crippen MR) is 117 cm³/mol. The van der Waals surface area contributed by atoms with Crippen LogP contribution in [0, 0.1) is 0 Å². The Kier molecular flexibility index (Phi) is 4.71. The molecule has 3 heterocycles. The molecule has 8 heteroatoms. The summed E-state index contributed by atoms with van der Waals surface area (Å²) in [6.45, 7) is 2.36. The zero-order chi connectivity index (χ0) is 20.7. The summed E-state index contributed by atoms with van der Waals surface area (Å²) >= 11 is 1.63. The second-order valence-electron chi connectivity index (χ2n) is 7.45. The number of benzene rings is 2. The lowest BCUT2D eigenvalue weighted by Crippen LogP contribution is -2.58. The third-order valence-electron chi connectivity index (χ3n) is 5.44. The molecule has 1 N–H and O–H groups in total. The van der Waals surface area contributed by atoms with Crippen LogP contribution >= 0.6 is 11.3 Å². The first-order valence-corrected chi connectivity index (χ1v) is 10.8. The first-order valence-electron chi connectivity index (χ1n) is 10.0. The lowest BCUT2D eigenvalue weighted by atomic mass is 10.2. The largest absolute Gasteiger partial charge is 0.326 e. The maximum absolute atomic E-state index is 13.4. The van der Waals surface area contributed by atoms with Crippen molar-refractivity contribution in [2.45, 2.75) is 31.8 Å². The van der Waals surface area contributed by atoms with Gasteiger partial charge in [0.05, 0.1) is 21.9 Å². The van der Waals surface area contributed by atoms with E-state index in [0.717, 1.165) is 28.1 Å². The highest BCUT2D eigenvalue weighted by molar-refractivity contribution is 7.18. The van der Waals surface area contributed by atoms with Gasteiger partial charge in [-0.3, -0.25) is 15.0 Å². The molecule has 2 aromatic carbocycles. The van der Waals surface area contributed by atoms with Crippen molar-refractivity contribution in [3.05, 3.63) is 59.6 Å². The summed E-state index contributed by atoms with van der Waals surface area (Å²) in [5.74, 6) is -0.196. The predicted octanol–water partition coefficient (Wildman–Crippen LogP) is 3.30. The maximum Gasteiger partial charge on any atom is 0.291 e. The molecule has 152 valence electrons. The second-order valence-corrected chi connectivity index (χ2v) is 8.51. The number of nitrogens with one attached hydrogen (secondary N) is 1. The number of hydrogen-bond donors (Lipinski definition) is 1. The first kappa shape index (κ1) is 18.7. The minimum absolute atomic E-state index is 0.0718. The number of para-hydroxylation sites is 2. The van der Waals surface area contributed by atoms with Crippen LogP contribution in [0.3, 0.4) is 0 Å². The molecular weight excluding hydrogens is 398 g/mol. The molecule has 2 aliphatic rings. The third-order valence-corrected chi connectivity index (χ3v) is 6.58. The van der Waals surface area contributed by atoms with E-state index in [9.17, 15) is 9.59 Å². The molecule has 1 aromatic heterocycles. The number of hydrazine groups is 1. The normalized spacial score (nSPS) is 21.6. The number of amidine groups is 1. The molecule has 2 unspecified atom stereocenters. The number of carbonyl (C=O) groups is 2. The zero-order valence-electron chi connectivity index (χ0n) is 16.5. The summed E-state index contributed by atoms with van der Waals surface area (Å²) in [7, 11) is 0. The van der Waals surface area contributed by atoms with Gasteiger partial charge >= 0.3 is 0 Å². The fraction of sp³-hybridized carbons (Fsp3) is 0.273. The SMILES string of the molecule is CC1N=C(C(=O)N2CCCC2c2nc3ccccc3s2)NN(c2ccccc2)C1=O. The quantitative estimate of drug-likeness (QED) is 0.707. The van der Waals surface area contributed by atoms with Gasteiger partial charge in [-0.2, -0.15) is 0 Å². The molecule has 0 spiro atoms. The van der Waals surface area contributed by atoms with Crippen molar-refractivity contribution < 1.29 is 9.59 Å². The lowest BCUT2D eigenvalue weighted by molar-refractivity contribution is -0.125. The van der Waals surface area contributed by atoms with E-state index in [1.807, 2.05) is 53.4 Å². The van der Waals surface area contributed by atoms with Gasteiger partial charge in [0.1, 0.15) is 11.0 Å². The van der Waals surface area contributed by atoms with E-state index in [2.05, 4.69) is 16.5 Å². The summed E-state index contributed by atoms with van der Waals surface area (Å²) in [5.41, 5.74) is 4.59. The van der Waals surface area contributed by atoms with Crippen LogP contribution in [-0.2, 0) is 9.59 Å². The highest BCUT2D eigenvalue weighted by Gasteiger charge is 2.38. The number of thiazole rings is 1. The molecule has 1 saturated heterocycles. The summed E-state index contributed by atoms with van der Waals surface area (Å²) in [5, 5.41) is 2.36. The standard InChI is InChI=1S/C22H21N5O2S/c1-14-21(28)27(15-8-3-2-4-9-15)25-19(23-14)22(29)26-13-7-11-17(26)20-24-16-10-5-6-12-18(16)30-20/h2-6,8-10,12,14,17H,7,11,13H2,1H3,(H,23,25). The van der Waals surface area contributed by atoms with Crippen molar-refractivity contribution in [3.8, 4) is 0 Å². The van der Waals surface area contributed by atoms with Gasteiger partial charge in [-0.05, 0) is 44.0 Å². The number of likely N-dealkylation sites (tertiary alicyclic amines) is 1. The van der Waals surface area contributed by atoms with Gasteiger partial charge < -0.3 is 4.90 Å². The molecule has 0 bridgehead atoms. The Bertz CT molecular complexity index is 1110. The van der Waals surface area contributed by atoms with Crippen molar-refractivity contribution in [1.82, 2.24) is 15.3 Å². The molecule has 0 aliphatic carbocycles. The molecule has 2 amide bonds. The minimum Gasteiger partial charge on any atom is -0.326 e. The van der Waals surface area contributed by atoms with Crippen LogP contribution in [0.1, 0.15) is 30.8 Å². The van der Waals surface area contributed by atoms with E-state index < -0.39 is 6.04 Å². The Hall–Kier alpha value is -3.26. The number of nitrogens with zero attached hydrogens (tertiary/aromatic N) is 4. The van der Waals surface area contributed by atoms with Gasteiger partial charge in [0.25, 0.3) is 11.8 Å². The highest BCUT2D eigenvalue weighted by Crippen LogP contribution is 2.36. The van der Waals surface area contributed by atoms with Gasteiger partial charge in [0.2, 0.25) is 5.84 Å². The Labute approximate surface area is 178 Å². The molecule has 5 rings (SSSR count). The number of aliphatic imine (C=N–C) groups is 1. The van der Waals surface area contributed by atoms with Gasteiger partial charge in [-0.25, -0.2) is 15.0 Å². The summed E-state index contributed by atoms with van der Waals surface area (Å²) < 4.78 is 1.12. The molecule has 2 atom stereocenters. The van der Waals surface area contributed by atoms with Crippen LogP contribution in [0.5, 0.6) is 0 Å². The van der Waals surface area contributed by atoms with Crippen molar-refractivity contribution in [3.63, 3.8) is 0 Å². The lowest BCUT2D eigenvalue weighted by Gasteiger charge is -2.32. The molecule has 3 aromatic rings. The van der Waals surface area contributed by atoms with Gasteiger partial charge in [0, 0.05) is 6.54 Å². The van der Waals surface area contributed by atoms with Crippen LogP contribution in [0.4, 0.5) is 5.69 Å². The molecule has 1 fully saturated rings. The zero-order valence-corrected chi connectivity index (χ0v) is 17.3. The van der Waals surface area contributed by atoms with Crippen molar-refractivity contribution in [1.29, 1.82) is 0 Å². The fourth-order valence-electron chi connectivity index (χ4n) is 3.93. The van der Waals surface area contributed by atoms with Crippen molar-refractivity contribution in [2.24, 2.45) is 4.99 Å². The first-order chi connectivity index (χ1) is 14.6. The number of hydrogen-bond acceptors (Lipinski definition) is 6. The Morgan fingerprint density at radius 3 is 2.70 bits per heavy atom. The molecular formula is C22H21N5O2S. The fourth-order valence-corrected chi connectivity index (χ4v) is 5.05. The number of carbonyl (C=O) groups excluding carboxylic acids is 2. The summed E-state index contributed by atoms with van der Waals surface area (Å²) in [6, 6.07) is 16.6. The smallest absolute Gasteiger partial charge is 0.291 e. The van der Waals surface area contributed by atoms with E-state index in [1.54, 1.807) is 18.3 Å². The Morgan fingerprint density at radius 1 is 1.13 bits per heavy atom. The molecule has 7 nitrogen and oxygen atoms in total. The van der Waals surface area contributed by atoms with Gasteiger partial charge in [0.15, 0.2) is 0 Å². The number of rotatable bonds is 3. The number of amides is 2. The highest BCUT2D eigenvalue weighted by atomic mass is 32.1. The number of aromatic nitrogens is 1. The van der Waals surface area contributed by atoms with E-state index in [0.29, 0.717) is 12.2 Å². The van der Waals surface area contributed by atoms with Crippen LogP contribution in [-0.4, -0.2) is 40.1 Å². The van der Waals surface area contributed by atoms with Crippen LogP contribution in [0.25, 0.3) is 10.2 Å². The van der Waals surface area contributed by atoms with Crippen LogP contribution in [0.15, 0.2) is 59.6 Å². The van der Waals surface area contributed by atoms with Crippen LogP contribution < -0.4 is 10.4 Å². The number of anilines is 1. The van der Waals surface area contributed by atoms with E-state index >= 15 is 0 Å². The number of fused-ring (bicyclic) bond motifs is 1. The average Bonchev–Trinajstić information content (AvgIpc) is 3.42. The van der Waals surface area contributed by atoms with Crippen molar-refractivity contribution >= 4 is 44.9 Å². The van der Waals surface area contributed by atoms with E-state index in [-0.39, 0.29) is 23.7 Å². The van der Waals surface area contributed by atoms with Gasteiger partial charge in [-0.1, -0.05) is 30.3 Å². The maximum atomic E-state index is 13.4. The van der Waals surface area contributed by atoms with E-state index in [4.69, 9.17) is 4.98 Å². The van der Waals surface area contributed by atoms with Crippen molar-refractivity contribution in [2.75, 3.05) is 11.6 Å². The average molecular weight is 420 g/mol. The summed E-state index contributed by atoms with van der Waals surface area (Å²) in [6.07, 6.45) is 1.78. The molecule has 0 radical (unpaired) electrons. The Morgan fingerprint density at radius 2 is 1.90 bits per heavy atom. The second kappa shape index (κ2) is 7.53. The topological polar surface area (TPSA) is 77.9 Å². The monoisotopic (exact) mass is 419 g/mol.